The maximum absolute atomic E-state index is 14.1. The zero-order valence-corrected chi connectivity index (χ0v) is 28.4. The molecule has 1 aromatic carbocycles. The van der Waals surface area contributed by atoms with Gasteiger partial charge in [0.25, 0.3) is 0 Å². The SMILES string of the molecule is CC(=O)O[C@H]1C[C@@]2(C)[C@@H](C[C@@H](O)[C@H]3[C@@]4(C)CC[C@@H](O)[C@@H](C)[C@@H]4CC[C@@]32C)/C1=C(\CCC=C(C)C)C(=O)NCc1ccc(O)cc1. The Bertz CT molecular complexity index is 1350. The number of aromatic hydroxyl groups is 1. The second-order valence-corrected chi connectivity index (χ2v) is 15.7. The van der Waals surface area contributed by atoms with Crippen molar-refractivity contribution in [2.45, 2.75) is 125 Å². The molecule has 5 rings (SSSR count). The summed E-state index contributed by atoms with van der Waals surface area (Å²) in [7, 11) is 0. The number of benzene rings is 1. The molecular formula is C38H55NO6. The van der Waals surface area contributed by atoms with E-state index in [-0.39, 0.29) is 57.7 Å². The molecule has 45 heavy (non-hydrogen) atoms. The number of nitrogens with one attached hydrogen (secondary N) is 1. The van der Waals surface area contributed by atoms with E-state index in [4.69, 9.17) is 4.74 Å². The van der Waals surface area contributed by atoms with Crippen molar-refractivity contribution in [2.24, 2.45) is 39.9 Å². The summed E-state index contributed by atoms with van der Waals surface area (Å²) in [6, 6.07) is 6.80. The minimum Gasteiger partial charge on any atom is -0.508 e. The molecule has 10 atom stereocenters. The van der Waals surface area contributed by atoms with Gasteiger partial charge >= 0.3 is 5.97 Å². The third-order valence-corrected chi connectivity index (χ3v) is 13.0. The van der Waals surface area contributed by atoms with E-state index in [1.54, 1.807) is 24.3 Å². The molecule has 0 radical (unpaired) electrons. The Morgan fingerprint density at radius 1 is 1.00 bits per heavy atom. The summed E-state index contributed by atoms with van der Waals surface area (Å²) in [5.74, 6) is 0.127. The number of amides is 1. The molecule has 0 spiro atoms. The number of aliphatic hydroxyl groups excluding tert-OH is 2. The molecule has 7 nitrogen and oxygen atoms in total. The van der Waals surface area contributed by atoms with Crippen molar-refractivity contribution < 1.29 is 29.6 Å². The average Bonchev–Trinajstić information content (AvgIpc) is 3.23. The van der Waals surface area contributed by atoms with Gasteiger partial charge in [-0.1, -0.05) is 51.5 Å². The highest BCUT2D eigenvalue weighted by Gasteiger charge is 2.70. The van der Waals surface area contributed by atoms with Gasteiger partial charge in [0.15, 0.2) is 0 Å². The molecule has 248 valence electrons. The van der Waals surface area contributed by atoms with Crippen LogP contribution in [-0.2, 0) is 20.9 Å². The van der Waals surface area contributed by atoms with Gasteiger partial charge in [-0.15, -0.1) is 0 Å². The van der Waals surface area contributed by atoms with E-state index in [1.165, 1.54) is 12.5 Å². The summed E-state index contributed by atoms with van der Waals surface area (Å²) in [5, 5.41) is 35.8. The Morgan fingerprint density at radius 2 is 1.69 bits per heavy atom. The monoisotopic (exact) mass is 621 g/mol. The zero-order valence-electron chi connectivity index (χ0n) is 28.4. The Kier molecular flexibility index (Phi) is 9.38. The van der Waals surface area contributed by atoms with Crippen LogP contribution in [0.3, 0.4) is 0 Å². The molecular weight excluding hydrogens is 566 g/mol. The van der Waals surface area contributed by atoms with Crippen LogP contribution in [-0.4, -0.2) is 45.5 Å². The molecule has 0 unspecified atom stereocenters. The van der Waals surface area contributed by atoms with E-state index < -0.39 is 12.2 Å². The highest BCUT2D eigenvalue weighted by Crippen LogP contribution is 2.74. The van der Waals surface area contributed by atoms with Crippen LogP contribution in [0.5, 0.6) is 5.75 Å². The smallest absolute Gasteiger partial charge is 0.303 e. The van der Waals surface area contributed by atoms with Crippen molar-refractivity contribution in [3.63, 3.8) is 0 Å². The molecule has 4 saturated carbocycles. The number of carbonyl (C=O) groups is 2. The molecule has 0 aromatic heterocycles. The molecule has 1 aromatic rings. The summed E-state index contributed by atoms with van der Waals surface area (Å²) >= 11 is 0. The molecule has 1 amide bonds. The first-order valence-corrected chi connectivity index (χ1v) is 17.1. The number of allylic oxidation sites excluding steroid dienone is 2. The van der Waals surface area contributed by atoms with E-state index in [1.807, 2.05) is 13.8 Å². The van der Waals surface area contributed by atoms with Gasteiger partial charge in [-0.25, -0.2) is 0 Å². The standard InChI is InChI=1S/C38H55NO6/c1-22(2)9-8-10-27(35(44)39-21-25-11-13-26(41)14-12-25)33-29-19-31(43)34-36(5)17-16-30(42)23(3)28(36)15-18-37(34,6)38(29,7)20-32(33)45-24(4)40/h9,11-14,23,28-32,34,41-43H,8,10,15-21H2,1-7H3,(H,39,44)/b33-27-/t23-,28-,29-,30+,31+,32-,34-,36-,37-,38-/m0/s1. The first kappa shape index (κ1) is 33.7. The van der Waals surface area contributed by atoms with Crippen molar-refractivity contribution >= 4 is 11.9 Å². The van der Waals surface area contributed by atoms with Crippen LogP contribution in [0.1, 0.15) is 105 Å². The van der Waals surface area contributed by atoms with Gasteiger partial charge in [0.2, 0.25) is 5.91 Å². The number of phenolic OH excluding ortho intramolecular Hbond substituents is 1. The number of rotatable bonds is 7. The van der Waals surface area contributed by atoms with Crippen LogP contribution in [0.25, 0.3) is 0 Å². The molecule has 0 bridgehead atoms. The van der Waals surface area contributed by atoms with Crippen LogP contribution in [0.2, 0.25) is 0 Å². The minimum absolute atomic E-state index is 0.0507. The lowest BCUT2D eigenvalue weighted by Crippen LogP contribution is -2.65. The van der Waals surface area contributed by atoms with Crippen molar-refractivity contribution in [3.05, 3.63) is 52.6 Å². The summed E-state index contributed by atoms with van der Waals surface area (Å²) in [4.78, 5) is 26.7. The van der Waals surface area contributed by atoms with Gasteiger partial charge in [0, 0.05) is 19.0 Å². The molecule has 0 aliphatic heterocycles. The van der Waals surface area contributed by atoms with Gasteiger partial charge in [-0.3, -0.25) is 9.59 Å². The van der Waals surface area contributed by atoms with Crippen LogP contribution in [0.4, 0.5) is 0 Å². The van der Waals surface area contributed by atoms with Crippen molar-refractivity contribution in [2.75, 3.05) is 0 Å². The fraction of sp³-hybridized carbons (Fsp3) is 0.684. The molecule has 4 aliphatic carbocycles. The second kappa shape index (κ2) is 12.5. The Balaban J connectivity index is 1.57. The van der Waals surface area contributed by atoms with E-state index in [9.17, 15) is 24.9 Å². The van der Waals surface area contributed by atoms with Crippen LogP contribution < -0.4 is 5.32 Å². The number of fused-ring (bicyclic) bond motifs is 5. The predicted molar refractivity (Wildman–Crippen MR) is 175 cm³/mol. The maximum atomic E-state index is 14.1. The number of hydrogen-bond acceptors (Lipinski definition) is 6. The first-order chi connectivity index (χ1) is 21.1. The summed E-state index contributed by atoms with van der Waals surface area (Å²) in [5.41, 5.74) is 2.97. The van der Waals surface area contributed by atoms with E-state index in [0.29, 0.717) is 43.7 Å². The van der Waals surface area contributed by atoms with Gasteiger partial charge in [0.1, 0.15) is 11.9 Å². The molecule has 4 N–H and O–H groups in total. The second-order valence-electron chi connectivity index (χ2n) is 15.7. The zero-order chi connectivity index (χ0) is 32.9. The fourth-order valence-electron chi connectivity index (χ4n) is 10.7. The predicted octanol–water partition coefficient (Wildman–Crippen LogP) is 6.60. The number of phenols is 1. The van der Waals surface area contributed by atoms with Crippen LogP contribution in [0.15, 0.2) is 47.1 Å². The summed E-state index contributed by atoms with van der Waals surface area (Å²) in [6.45, 7) is 15.1. The van der Waals surface area contributed by atoms with Crippen molar-refractivity contribution in [1.29, 1.82) is 0 Å². The largest absolute Gasteiger partial charge is 0.508 e. The maximum Gasteiger partial charge on any atom is 0.303 e. The van der Waals surface area contributed by atoms with Crippen molar-refractivity contribution in [3.8, 4) is 5.75 Å². The van der Waals surface area contributed by atoms with Crippen molar-refractivity contribution in [1.82, 2.24) is 5.32 Å². The number of carbonyl (C=O) groups excluding carboxylic acids is 2. The molecule has 7 heteroatoms. The van der Waals surface area contributed by atoms with Gasteiger partial charge in [0.05, 0.1) is 12.2 Å². The topological polar surface area (TPSA) is 116 Å². The molecule has 0 saturated heterocycles. The highest BCUT2D eigenvalue weighted by molar-refractivity contribution is 5.94. The average molecular weight is 622 g/mol. The normalized spacial score (nSPS) is 40.0. The Hall–Kier alpha value is -2.64. The third kappa shape index (κ3) is 5.88. The van der Waals surface area contributed by atoms with Crippen LogP contribution >= 0.6 is 0 Å². The van der Waals surface area contributed by atoms with Gasteiger partial charge in [-0.2, -0.15) is 0 Å². The molecule has 0 heterocycles. The minimum atomic E-state index is -0.562. The van der Waals surface area contributed by atoms with Crippen LogP contribution in [0, 0.1) is 39.9 Å². The summed E-state index contributed by atoms with van der Waals surface area (Å²) < 4.78 is 6.10. The van der Waals surface area contributed by atoms with E-state index in [2.05, 4.69) is 39.1 Å². The lowest BCUT2D eigenvalue weighted by atomic mass is 9.36. The van der Waals surface area contributed by atoms with Gasteiger partial charge < -0.3 is 25.4 Å². The third-order valence-electron chi connectivity index (χ3n) is 13.0. The summed E-state index contributed by atoms with van der Waals surface area (Å²) in [6.07, 6.45) is 6.68. The lowest BCUT2D eigenvalue weighted by molar-refractivity contribution is -0.234. The quantitative estimate of drug-likeness (QED) is 0.155. The fourth-order valence-corrected chi connectivity index (χ4v) is 10.7. The number of esters is 1. The number of ether oxygens (including phenoxy) is 1. The molecule has 4 fully saturated rings. The van der Waals surface area contributed by atoms with Gasteiger partial charge in [-0.05, 0) is 128 Å². The Labute approximate surface area is 269 Å². The number of hydrogen-bond donors (Lipinski definition) is 4. The lowest BCUT2D eigenvalue weighted by Gasteiger charge is -2.69. The first-order valence-electron chi connectivity index (χ1n) is 17.1. The number of aliphatic hydroxyl groups is 2. The molecule has 4 aliphatic rings. The van der Waals surface area contributed by atoms with E-state index >= 15 is 0 Å². The highest BCUT2D eigenvalue weighted by atomic mass is 16.5. The Morgan fingerprint density at radius 3 is 2.33 bits per heavy atom. The van der Waals surface area contributed by atoms with E-state index in [0.717, 1.165) is 36.8 Å².